The molecule has 1 saturated heterocycles. The van der Waals surface area contributed by atoms with E-state index in [9.17, 15) is 14.7 Å². The van der Waals surface area contributed by atoms with Crippen LogP contribution in [0.2, 0.25) is 0 Å². The SMILES string of the molecule is CC(C)(C)OC(=O)Nc1ncc(B2OC(C)(C)C(C)(C)O2)cc1C(=O)O. The molecule has 0 saturated carbocycles. The summed E-state index contributed by atoms with van der Waals surface area (Å²) >= 11 is 0. The highest BCUT2D eigenvalue weighted by molar-refractivity contribution is 6.62. The number of anilines is 1. The smallest absolute Gasteiger partial charge is 0.478 e. The van der Waals surface area contributed by atoms with Crippen LogP contribution in [0.5, 0.6) is 0 Å². The molecular weight excluding hydrogens is 339 g/mol. The van der Waals surface area contributed by atoms with E-state index in [0.29, 0.717) is 5.46 Å². The largest absolute Gasteiger partial charge is 0.496 e. The summed E-state index contributed by atoms with van der Waals surface area (Å²) < 4.78 is 16.9. The summed E-state index contributed by atoms with van der Waals surface area (Å²) in [4.78, 5) is 27.6. The fraction of sp³-hybridized carbons (Fsp3) is 0.588. The van der Waals surface area contributed by atoms with Gasteiger partial charge in [-0.3, -0.25) is 5.32 Å². The lowest BCUT2D eigenvalue weighted by molar-refractivity contribution is 0.00578. The first kappa shape index (κ1) is 20.2. The fourth-order valence-corrected chi connectivity index (χ4v) is 2.25. The van der Waals surface area contributed by atoms with Crippen LogP contribution in [0.3, 0.4) is 0 Å². The number of carbonyl (C=O) groups is 2. The number of nitrogens with zero attached hydrogens (tertiary/aromatic N) is 1. The number of rotatable bonds is 3. The molecule has 0 spiro atoms. The van der Waals surface area contributed by atoms with Crippen LogP contribution in [-0.4, -0.2) is 46.1 Å². The van der Waals surface area contributed by atoms with Crippen molar-refractivity contribution in [3.63, 3.8) is 0 Å². The van der Waals surface area contributed by atoms with Crippen LogP contribution in [0.25, 0.3) is 0 Å². The molecule has 1 aromatic heterocycles. The summed E-state index contributed by atoms with van der Waals surface area (Å²) in [6, 6.07) is 1.38. The van der Waals surface area contributed by atoms with Gasteiger partial charge in [0.15, 0.2) is 0 Å². The van der Waals surface area contributed by atoms with Gasteiger partial charge in [-0.05, 0) is 54.5 Å². The number of aromatic nitrogens is 1. The first-order valence-corrected chi connectivity index (χ1v) is 8.31. The maximum atomic E-state index is 11.9. The van der Waals surface area contributed by atoms with Crippen LogP contribution in [0.4, 0.5) is 10.6 Å². The van der Waals surface area contributed by atoms with Crippen LogP contribution in [0.15, 0.2) is 12.3 Å². The Bertz CT molecular complexity index is 710. The van der Waals surface area contributed by atoms with E-state index in [1.54, 1.807) is 20.8 Å². The second-order valence-corrected chi connectivity index (χ2v) is 8.19. The van der Waals surface area contributed by atoms with E-state index in [2.05, 4.69) is 10.3 Å². The molecule has 2 heterocycles. The molecule has 1 fully saturated rings. The van der Waals surface area contributed by atoms with Gasteiger partial charge in [0.2, 0.25) is 0 Å². The molecule has 1 aliphatic rings. The predicted molar refractivity (Wildman–Crippen MR) is 96.8 cm³/mol. The third-order valence-electron chi connectivity index (χ3n) is 4.28. The third kappa shape index (κ3) is 4.34. The van der Waals surface area contributed by atoms with Crippen LogP contribution in [-0.2, 0) is 14.0 Å². The van der Waals surface area contributed by atoms with Crippen LogP contribution in [0, 0.1) is 0 Å². The minimum absolute atomic E-state index is 0.105. The molecule has 0 atom stereocenters. The first-order valence-electron chi connectivity index (χ1n) is 8.31. The van der Waals surface area contributed by atoms with E-state index in [0.717, 1.165) is 0 Å². The van der Waals surface area contributed by atoms with E-state index >= 15 is 0 Å². The van der Waals surface area contributed by atoms with Gasteiger partial charge in [-0.25, -0.2) is 14.6 Å². The normalized spacial score (nSPS) is 18.5. The summed E-state index contributed by atoms with van der Waals surface area (Å²) in [5, 5.41) is 11.8. The first-order chi connectivity index (χ1) is 11.7. The van der Waals surface area contributed by atoms with Gasteiger partial charge >= 0.3 is 19.2 Å². The zero-order valence-electron chi connectivity index (χ0n) is 16.2. The number of carbonyl (C=O) groups excluding carboxylic acids is 1. The molecule has 2 rings (SSSR count). The van der Waals surface area contributed by atoms with E-state index < -0.39 is 36.0 Å². The van der Waals surface area contributed by atoms with Crippen molar-refractivity contribution >= 4 is 30.5 Å². The van der Waals surface area contributed by atoms with Crippen molar-refractivity contribution in [1.82, 2.24) is 4.98 Å². The van der Waals surface area contributed by atoms with Gasteiger partial charge in [-0.15, -0.1) is 0 Å². The molecule has 0 aliphatic carbocycles. The van der Waals surface area contributed by atoms with Crippen molar-refractivity contribution in [2.45, 2.75) is 65.3 Å². The number of carboxylic acid groups (broad SMARTS) is 1. The lowest BCUT2D eigenvalue weighted by Crippen LogP contribution is -2.41. The highest BCUT2D eigenvalue weighted by Gasteiger charge is 2.52. The molecule has 0 radical (unpaired) electrons. The molecule has 1 aromatic rings. The van der Waals surface area contributed by atoms with Crippen molar-refractivity contribution in [3.8, 4) is 0 Å². The van der Waals surface area contributed by atoms with Crippen molar-refractivity contribution in [2.75, 3.05) is 5.32 Å². The summed E-state index contributed by atoms with van der Waals surface area (Å²) in [6.07, 6.45) is 0.636. The van der Waals surface area contributed by atoms with Crippen LogP contribution in [0.1, 0.15) is 58.8 Å². The second kappa shape index (κ2) is 6.55. The number of aromatic carboxylic acids is 1. The molecule has 1 aliphatic heterocycles. The average molecular weight is 364 g/mol. The van der Waals surface area contributed by atoms with Crippen molar-refractivity contribution in [3.05, 3.63) is 17.8 Å². The second-order valence-electron chi connectivity index (χ2n) is 8.19. The molecule has 142 valence electrons. The Kier molecular flexibility index (Phi) is 5.09. The van der Waals surface area contributed by atoms with E-state index in [1.807, 2.05) is 27.7 Å². The summed E-state index contributed by atoms with van der Waals surface area (Å²) in [7, 11) is -0.749. The molecule has 0 aromatic carbocycles. The Morgan fingerprint density at radius 3 is 2.19 bits per heavy atom. The highest BCUT2D eigenvalue weighted by atomic mass is 16.7. The average Bonchev–Trinajstić information content (AvgIpc) is 2.65. The Hall–Kier alpha value is -2.13. The minimum Gasteiger partial charge on any atom is -0.478 e. The van der Waals surface area contributed by atoms with Gasteiger partial charge in [0.05, 0.1) is 11.2 Å². The molecule has 1 amide bonds. The Balaban J connectivity index is 2.27. The quantitative estimate of drug-likeness (QED) is 0.793. The van der Waals surface area contributed by atoms with Crippen molar-refractivity contribution in [1.29, 1.82) is 0 Å². The fourth-order valence-electron chi connectivity index (χ4n) is 2.25. The summed E-state index contributed by atoms with van der Waals surface area (Å²) in [5.74, 6) is -1.34. The van der Waals surface area contributed by atoms with Gasteiger partial charge in [-0.2, -0.15) is 0 Å². The Morgan fingerprint density at radius 2 is 1.73 bits per heavy atom. The van der Waals surface area contributed by atoms with E-state index in [4.69, 9.17) is 14.0 Å². The topological polar surface area (TPSA) is 107 Å². The third-order valence-corrected chi connectivity index (χ3v) is 4.28. The summed E-state index contributed by atoms with van der Waals surface area (Å²) in [5.41, 5.74) is -1.56. The lowest BCUT2D eigenvalue weighted by Gasteiger charge is -2.32. The number of pyridine rings is 1. The maximum Gasteiger partial charge on any atom is 0.496 e. The molecule has 0 unspecified atom stereocenters. The number of hydrogen-bond acceptors (Lipinski definition) is 6. The summed E-state index contributed by atoms with van der Waals surface area (Å²) in [6.45, 7) is 12.7. The zero-order chi connectivity index (χ0) is 19.9. The van der Waals surface area contributed by atoms with Crippen LogP contribution >= 0.6 is 0 Å². The van der Waals surface area contributed by atoms with Gasteiger partial charge in [0.1, 0.15) is 17.0 Å². The molecule has 8 nitrogen and oxygen atoms in total. The number of carboxylic acids is 1. The predicted octanol–water partition coefficient (Wildman–Crippen LogP) is 2.43. The van der Waals surface area contributed by atoms with Gasteiger partial charge in [0.25, 0.3) is 0 Å². The van der Waals surface area contributed by atoms with Crippen molar-refractivity contribution < 1.29 is 28.7 Å². The Labute approximate surface area is 153 Å². The molecule has 9 heteroatoms. The molecule has 2 N–H and O–H groups in total. The minimum atomic E-state index is -1.23. The number of hydrogen-bond donors (Lipinski definition) is 2. The Morgan fingerprint density at radius 1 is 1.19 bits per heavy atom. The van der Waals surface area contributed by atoms with Gasteiger partial charge < -0.3 is 19.2 Å². The highest BCUT2D eigenvalue weighted by Crippen LogP contribution is 2.36. The number of ether oxygens (including phenoxy) is 1. The molecule has 0 bridgehead atoms. The maximum absolute atomic E-state index is 11.9. The van der Waals surface area contributed by atoms with Crippen molar-refractivity contribution in [2.24, 2.45) is 0 Å². The monoisotopic (exact) mass is 364 g/mol. The molecule has 26 heavy (non-hydrogen) atoms. The zero-order valence-corrected chi connectivity index (χ0v) is 16.2. The van der Waals surface area contributed by atoms with Gasteiger partial charge in [0, 0.05) is 11.7 Å². The molecular formula is C17H25BN2O6. The van der Waals surface area contributed by atoms with E-state index in [1.165, 1.54) is 12.3 Å². The standard InChI is InChI=1S/C17H25BN2O6/c1-15(2,3)24-14(23)20-12-11(13(21)22)8-10(9-19-12)18-25-16(4,5)17(6,7)26-18/h8-9H,1-7H3,(H,21,22)(H,19,20,23). The van der Waals surface area contributed by atoms with Crippen LogP contribution < -0.4 is 10.8 Å². The number of nitrogens with one attached hydrogen (secondary N) is 1. The lowest BCUT2D eigenvalue weighted by atomic mass is 9.79. The van der Waals surface area contributed by atoms with E-state index in [-0.39, 0.29) is 11.4 Å². The number of amides is 1. The van der Waals surface area contributed by atoms with Gasteiger partial charge in [-0.1, -0.05) is 0 Å².